The van der Waals surface area contributed by atoms with Crippen LogP contribution in [-0.2, 0) is 23.0 Å². The molecule has 0 atom stereocenters. The Morgan fingerprint density at radius 1 is 1.13 bits per heavy atom. The van der Waals surface area contributed by atoms with Crippen LogP contribution in [-0.4, -0.2) is 46.7 Å². The van der Waals surface area contributed by atoms with E-state index in [1.54, 1.807) is 16.8 Å². The molecular formula is C21H21N3O5S. The number of aromatic nitrogens is 2. The molecule has 0 amide bonds. The van der Waals surface area contributed by atoms with Crippen LogP contribution < -0.4 is 4.74 Å². The lowest BCUT2D eigenvalue weighted by atomic mass is 10.1. The zero-order valence-corrected chi connectivity index (χ0v) is 17.2. The Kier molecular flexibility index (Phi) is 5.31. The summed E-state index contributed by atoms with van der Waals surface area (Å²) in [7, 11) is -3.79. The number of hydrogen-bond acceptors (Lipinski definition) is 5. The van der Waals surface area contributed by atoms with Crippen molar-refractivity contribution in [2.45, 2.75) is 24.8 Å². The minimum absolute atomic E-state index is 0.0423. The maximum atomic E-state index is 13.1. The number of carboxylic acid groups (broad SMARTS) is 1. The molecule has 2 aromatic carbocycles. The molecule has 8 nitrogen and oxygen atoms in total. The number of nitrogens with zero attached hydrogens (tertiary/aromatic N) is 3. The van der Waals surface area contributed by atoms with E-state index in [1.807, 2.05) is 37.3 Å². The zero-order valence-electron chi connectivity index (χ0n) is 16.4. The quantitative estimate of drug-likeness (QED) is 0.649. The van der Waals surface area contributed by atoms with Gasteiger partial charge in [-0.1, -0.05) is 18.2 Å². The number of rotatable bonds is 6. The first-order valence-electron chi connectivity index (χ1n) is 9.54. The Morgan fingerprint density at radius 3 is 2.47 bits per heavy atom. The largest absolute Gasteiger partial charge is 0.494 e. The van der Waals surface area contributed by atoms with E-state index in [1.165, 1.54) is 16.4 Å². The molecule has 1 aliphatic heterocycles. The highest BCUT2D eigenvalue weighted by Gasteiger charge is 2.34. The molecular weight excluding hydrogens is 406 g/mol. The molecule has 0 saturated carbocycles. The minimum atomic E-state index is -3.79. The Hall–Kier alpha value is -3.17. The van der Waals surface area contributed by atoms with E-state index in [0.717, 1.165) is 11.4 Å². The highest BCUT2D eigenvalue weighted by Crippen LogP contribution is 2.29. The predicted molar refractivity (Wildman–Crippen MR) is 109 cm³/mol. The maximum Gasteiger partial charge on any atom is 0.356 e. The van der Waals surface area contributed by atoms with Crippen LogP contribution in [0.4, 0.5) is 0 Å². The molecule has 0 saturated heterocycles. The number of hydrogen-bond donors (Lipinski definition) is 1. The summed E-state index contributed by atoms with van der Waals surface area (Å²) in [5.41, 5.74) is 1.76. The number of ether oxygens (including phenoxy) is 1. The van der Waals surface area contributed by atoms with Crippen LogP contribution in [0.2, 0.25) is 0 Å². The fourth-order valence-electron chi connectivity index (χ4n) is 3.58. The average molecular weight is 427 g/mol. The highest BCUT2D eigenvalue weighted by atomic mass is 32.2. The van der Waals surface area contributed by atoms with Gasteiger partial charge in [-0.25, -0.2) is 17.9 Å². The van der Waals surface area contributed by atoms with E-state index in [-0.39, 0.29) is 23.7 Å². The van der Waals surface area contributed by atoms with Crippen LogP contribution in [0.25, 0.3) is 5.69 Å². The number of fused-ring (bicyclic) bond motifs is 1. The van der Waals surface area contributed by atoms with Crippen molar-refractivity contribution in [2.24, 2.45) is 0 Å². The molecule has 0 unspecified atom stereocenters. The molecule has 1 N–H and O–H groups in total. The van der Waals surface area contributed by atoms with Crippen molar-refractivity contribution in [1.82, 2.24) is 14.1 Å². The second-order valence-corrected chi connectivity index (χ2v) is 8.76. The Balaban J connectivity index is 1.69. The van der Waals surface area contributed by atoms with Crippen LogP contribution in [0.5, 0.6) is 5.75 Å². The van der Waals surface area contributed by atoms with E-state index < -0.39 is 16.0 Å². The van der Waals surface area contributed by atoms with Crippen LogP contribution >= 0.6 is 0 Å². The lowest BCUT2D eigenvalue weighted by molar-refractivity contribution is 0.0688. The molecule has 30 heavy (non-hydrogen) atoms. The number of benzene rings is 2. The van der Waals surface area contributed by atoms with Gasteiger partial charge < -0.3 is 9.84 Å². The normalized spacial score (nSPS) is 14.3. The second kappa shape index (κ2) is 7.92. The summed E-state index contributed by atoms with van der Waals surface area (Å²) in [5, 5.41) is 13.9. The number of aromatic carboxylic acids is 1. The summed E-state index contributed by atoms with van der Waals surface area (Å²) >= 11 is 0. The van der Waals surface area contributed by atoms with Crippen LogP contribution in [0.1, 0.15) is 28.7 Å². The topological polar surface area (TPSA) is 102 Å². The van der Waals surface area contributed by atoms with Crippen molar-refractivity contribution in [1.29, 1.82) is 0 Å². The minimum Gasteiger partial charge on any atom is -0.494 e. The average Bonchev–Trinajstić information content (AvgIpc) is 3.14. The van der Waals surface area contributed by atoms with Crippen molar-refractivity contribution < 1.29 is 23.1 Å². The predicted octanol–water partition coefficient (Wildman–Crippen LogP) is 2.72. The van der Waals surface area contributed by atoms with Crippen molar-refractivity contribution in [3.8, 4) is 11.4 Å². The Morgan fingerprint density at radius 2 is 1.83 bits per heavy atom. The molecule has 0 fully saturated rings. The highest BCUT2D eigenvalue weighted by molar-refractivity contribution is 7.89. The smallest absolute Gasteiger partial charge is 0.356 e. The van der Waals surface area contributed by atoms with E-state index in [4.69, 9.17) is 4.74 Å². The van der Waals surface area contributed by atoms with E-state index in [0.29, 0.717) is 24.3 Å². The summed E-state index contributed by atoms with van der Waals surface area (Å²) < 4.78 is 34.5. The van der Waals surface area contributed by atoms with E-state index in [2.05, 4.69) is 5.10 Å². The van der Waals surface area contributed by atoms with Gasteiger partial charge in [0, 0.05) is 25.1 Å². The Labute approximate surface area is 174 Å². The van der Waals surface area contributed by atoms with Crippen LogP contribution in [0.3, 0.4) is 0 Å². The van der Waals surface area contributed by atoms with Crippen molar-refractivity contribution in [3.63, 3.8) is 0 Å². The number of para-hydroxylation sites is 1. The van der Waals surface area contributed by atoms with Crippen LogP contribution in [0.15, 0.2) is 59.5 Å². The first kappa shape index (κ1) is 20.1. The first-order chi connectivity index (χ1) is 14.4. The first-order valence-corrected chi connectivity index (χ1v) is 11.0. The molecule has 2 heterocycles. The van der Waals surface area contributed by atoms with Gasteiger partial charge in [0.15, 0.2) is 5.69 Å². The second-order valence-electron chi connectivity index (χ2n) is 6.82. The fraction of sp³-hybridized carbons (Fsp3) is 0.238. The molecule has 0 aliphatic carbocycles. The number of carboxylic acids is 1. The molecule has 9 heteroatoms. The Bertz CT molecular complexity index is 1170. The van der Waals surface area contributed by atoms with Gasteiger partial charge in [-0.3, -0.25) is 0 Å². The number of carbonyl (C=O) groups is 1. The van der Waals surface area contributed by atoms with Gasteiger partial charge in [-0.05, 0) is 43.3 Å². The molecule has 4 rings (SSSR count). The standard InChI is InChI=1S/C21H21N3O5S/c1-2-29-16-8-10-17(11-9-16)30(27,28)23-13-12-19-18(14-23)20(21(25)26)22-24(19)15-6-4-3-5-7-15/h3-11H,2,12-14H2,1H3,(H,25,26). The summed E-state index contributed by atoms with van der Waals surface area (Å²) in [5.74, 6) is -0.587. The van der Waals surface area contributed by atoms with Gasteiger partial charge in [0.1, 0.15) is 5.75 Å². The van der Waals surface area contributed by atoms with Gasteiger partial charge >= 0.3 is 5.97 Å². The molecule has 1 aliphatic rings. The SMILES string of the molecule is CCOc1ccc(S(=O)(=O)N2CCc3c(c(C(=O)O)nn3-c3ccccc3)C2)cc1. The van der Waals surface area contributed by atoms with Gasteiger partial charge in [0.25, 0.3) is 0 Å². The third kappa shape index (κ3) is 3.57. The summed E-state index contributed by atoms with van der Waals surface area (Å²) in [6.45, 7) is 2.54. The third-order valence-corrected chi connectivity index (χ3v) is 6.86. The van der Waals surface area contributed by atoms with E-state index in [9.17, 15) is 18.3 Å². The fourth-order valence-corrected chi connectivity index (χ4v) is 4.99. The molecule has 0 radical (unpaired) electrons. The third-order valence-electron chi connectivity index (χ3n) is 5.00. The van der Waals surface area contributed by atoms with Crippen LogP contribution in [0, 0.1) is 0 Å². The summed E-state index contributed by atoms with van der Waals surface area (Å²) in [6, 6.07) is 15.4. The molecule has 0 bridgehead atoms. The zero-order chi connectivity index (χ0) is 21.3. The molecule has 156 valence electrons. The molecule has 0 spiro atoms. The van der Waals surface area contributed by atoms with Gasteiger partial charge in [0.2, 0.25) is 10.0 Å². The van der Waals surface area contributed by atoms with E-state index >= 15 is 0 Å². The summed E-state index contributed by atoms with van der Waals surface area (Å²) in [4.78, 5) is 11.9. The van der Waals surface area contributed by atoms with Gasteiger partial charge in [0.05, 0.1) is 22.9 Å². The lowest BCUT2D eigenvalue weighted by Crippen LogP contribution is -2.36. The van der Waals surface area contributed by atoms with Gasteiger partial charge in [-0.15, -0.1) is 0 Å². The monoisotopic (exact) mass is 427 g/mol. The lowest BCUT2D eigenvalue weighted by Gasteiger charge is -2.27. The molecule has 3 aromatic rings. The van der Waals surface area contributed by atoms with Gasteiger partial charge in [-0.2, -0.15) is 9.40 Å². The van der Waals surface area contributed by atoms with Crippen molar-refractivity contribution in [3.05, 3.63) is 71.5 Å². The number of sulfonamides is 1. The summed E-state index contributed by atoms with van der Waals surface area (Å²) in [6.07, 6.45) is 0.362. The van der Waals surface area contributed by atoms with Crippen molar-refractivity contribution >= 4 is 16.0 Å². The maximum absolute atomic E-state index is 13.1. The molecule has 1 aromatic heterocycles. The van der Waals surface area contributed by atoms with Crippen molar-refractivity contribution in [2.75, 3.05) is 13.2 Å².